The van der Waals surface area contributed by atoms with Crippen LogP contribution < -0.4 is 9.47 Å². The molecule has 11 heteroatoms. The van der Waals surface area contributed by atoms with E-state index < -0.39 is 31.3 Å². The number of pyridine rings is 2. The summed E-state index contributed by atoms with van der Waals surface area (Å²) in [6, 6.07) is 14.3. The lowest BCUT2D eigenvalue weighted by Crippen LogP contribution is -2.20. The summed E-state index contributed by atoms with van der Waals surface area (Å²) in [4.78, 5) is 21.5. The molecule has 0 fully saturated rings. The number of para-hydroxylation sites is 2. The molecule has 176 valence electrons. The Morgan fingerprint density at radius 3 is 1.44 bits per heavy atom. The number of fused-ring (bicyclic) bond motifs is 2. The summed E-state index contributed by atoms with van der Waals surface area (Å²) in [5.74, 6) is -1.27. The van der Waals surface area contributed by atoms with E-state index >= 15 is 0 Å². The third kappa shape index (κ3) is 5.36. The van der Waals surface area contributed by atoms with Gasteiger partial charge in [0.05, 0.1) is 11.0 Å². The monoisotopic (exact) mass is 480 g/mol. The molecule has 5 nitrogen and oxygen atoms in total. The highest BCUT2D eigenvalue weighted by Gasteiger charge is 2.30. The maximum Gasteiger partial charge on any atom is 0.422 e. The van der Waals surface area contributed by atoms with E-state index in [2.05, 4.69) is 9.97 Å². The molecule has 2 heterocycles. The van der Waals surface area contributed by atoms with Crippen molar-refractivity contribution in [2.24, 2.45) is 0 Å². The van der Waals surface area contributed by atoms with Gasteiger partial charge in [0.15, 0.2) is 13.2 Å². The number of halogens is 6. The van der Waals surface area contributed by atoms with E-state index in [1.54, 1.807) is 24.3 Å². The highest BCUT2D eigenvalue weighted by Crippen LogP contribution is 2.31. The number of ketones is 1. The van der Waals surface area contributed by atoms with E-state index in [4.69, 9.17) is 9.47 Å². The van der Waals surface area contributed by atoms with E-state index in [0.717, 1.165) is 12.1 Å². The Hall–Kier alpha value is -3.89. The second-order valence-corrected chi connectivity index (χ2v) is 7.18. The predicted octanol–water partition coefficient (Wildman–Crippen LogP) is 5.90. The van der Waals surface area contributed by atoms with E-state index in [1.165, 1.54) is 24.3 Å². The fourth-order valence-corrected chi connectivity index (χ4v) is 3.21. The van der Waals surface area contributed by atoms with Gasteiger partial charge in [-0.05, 0) is 24.3 Å². The zero-order valence-corrected chi connectivity index (χ0v) is 17.1. The van der Waals surface area contributed by atoms with E-state index in [0.29, 0.717) is 0 Å². The second kappa shape index (κ2) is 8.81. The first kappa shape index (κ1) is 23.3. The molecule has 2 aromatic carbocycles. The minimum absolute atomic E-state index is 0.194. The molecule has 0 aliphatic carbocycles. The largest absolute Gasteiger partial charge is 0.483 e. The second-order valence-electron chi connectivity index (χ2n) is 7.18. The van der Waals surface area contributed by atoms with Crippen LogP contribution in [-0.2, 0) is 0 Å². The van der Waals surface area contributed by atoms with Crippen molar-refractivity contribution in [3.8, 4) is 11.5 Å². The Morgan fingerprint density at radius 1 is 0.676 bits per heavy atom. The van der Waals surface area contributed by atoms with Gasteiger partial charge in [0.25, 0.3) is 0 Å². The molecule has 0 saturated heterocycles. The van der Waals surface area contributed by atoms with Crippen LogP contribution in [0.2, 0.25) is 0 Å². The minimum atomic E-state index is -4.61. The molecule has 0 saturated carbocycles. The third-order valence-corrected chi connectivity index (χ3v) is 4.60. The SMILES string of the molecule is O=C(c1cc(OCC(F)(F)F)c2ccccc2n1)c1cc(OCC(F)(F)F)c2ccccc2n1. The van der Waals surface area contributed by atoms with Gasteiger partial charge in [-0.15, -0.1) is 0 Å². The molecule has 4 aromatic rings. The topological polar surface area (TPSA) is 61.3 Å². The smallest absolute Gasteiger partial charge is 0.422 e. The van der Waals surface area contributed by atoms with Gasteiger partial charge in [0.2, 0.25) is 5.78 Å². The van der Waals surface area contributed by atoms with Gasteiger partial charge in [-0.2, -0.15) is 26.3 Å². The third-order valence-electron chi connectivity index (χ3n) is 4.60. The molecule has 0 bridgehead atoms. The summed E-state index contributed by atoms with van der Waals surface area (Å²) in [5.41, 5.74) is -0.194. The Morgan fingerprint density at radius 2 is 1.06 bits per heavy atom. The molecule has 4 rings (SSSR count). The number of hydrogen-bond donors (Lipinski definition) is 0. The van der Waals surface area contributed by atoms with E-state index in [9.17, 15) is 31.1 Å². The molecule has 0 aliphatic heterocycles. The quantitative estimate of drug-likeness (QED) is 0.254. The van der Waals surface area contributed by atoms with Gasteiger partial charge in [-0.3, -0.25) is 4.79 Å². The molecular weight excluding hydrogens is 466 g/mol. The maximum atomic E-state index is 13.2. The molecule has 0 radical (unpaired) electrons. The van der Waals surface area contributed by atoms with Gasteiger partial charge in [-0.1, -0.05) is 24.3 Å². The highest BCUT2D eigenvalue weighted by atomic mass is 19.4. The lowest BCUT2D eigenvalue weighted by molar-refractivity contribution is -0.153. The number of benzene rings is 2. The van der Waals surface area contributed by atoms with Crippen LogP contribution in [0.5, 0.6) is 11.5 Å². The van der Waals surface area contributed by atoms with Gasteiger partial charge in [0.1, 0.15) is 22.9 Å². The number of hydrogen-bond acceptors (Lipinski definition) is 5. The van der Waals surface area contributed by atoms with Crippen molar-refractivity contribution in [1.29, 1.82) is 0 Å². The number of alkyl halides is 6. The molecule has 0 unspecified atom stereocenters. The maximum absolute atomic E-state index is 13.2. The number of aromatic nitrogens is 2. The van der Waals surface area contributed by atoms with Crippen molar-refractivity contribution in [2.75, 3.05) is 13.2 Å². The van der Waals surface area contributed by atoms with Crippen LogP contribution in [0.1, 0.15) is 16.2 Å². The Balaban J connectivity index is 1.77. The molecular formula is C23H14F6N2O3. The lowest BCUT2D eigenvalue weighted by atomic mass is 10.1. The van der Waals surface area contributed by atoms with Crippen molar-refractivity contribution in [3.05, 3.63) is 72.1 Å². The fourth-order valence-electron chi connectivity index (χ4n) is 3.21. The molecule has 0 aliphatic rings. The average molecular weight is 480 g/mol. The first-order valence-corrected chi connectivity index (χ1v) is 9.73. The van der Waals surface area contributed by atoms with Gasteiger partial charge < -0.3 is 9.47 Å². The van der Waals surface area contributed by atoms with Crippen LogP contribution in [0.4, 0.5) is 26.3 Å². The van der Waals surface area contributed by atoms with Crippen LogP contribution in [0, 0.1) is 0 Å². The van der Waals surface area contributed by atoms with Crippen LogP contribution in [0.15, 0.2) is 60.7 Å². The van der Waals surface area contributed by atoms with Gasteiger partial charge >= 0.3 is 12.4 Å². The van der Waals surface area contributed by atoms with Crippen molar-refractivity contribution in [1.82, 2.24) is 9.97 Å². The Bertz CT molecular complexity index is 1270. The summed E-state index contributed by atoms with van der Waals surface area (Å²) in [7, 11) is 0. The summed E-state index contributed by atoms with van der Waals surface area (Å²) in [5, 5.41) is 0.507. The number of carbonyl (C=O) groups excluding carboxylic acids is 1. The normalized spacial score (nSPS) is 12.2. The summed E-state index contributed by atoms with van der Waals surface area (Å²) >= 11 is 0. The number of ether oxygens (including phenoxy) is 2. The highest BCUT2D eigenvalue weighted by molar-refractivity contribution is 6.09. The number of carbonyl (C=O) groups is 1. The molecule has 2 aromatic heterocycles. The van der Waals surface area contributed by atoms with Crippen LogP contribution in [0.3, 0.4) is 0 Å². The van der Waals surface area contributed by atoms with Crippen molar-refractivity contribution in [3.63, 3.8) is 0 Å². The molecule has 0 atom stereocenters. The van der Waals surface area contributed by atoms with Gasteiger partial charge in [0, 0.05) is 22.9 Å². The average Bonchev–Trinajstić information content (AvgIpc) is 2.79. The Labute approximate surface area is 187 Å². The van der Waals surface area contributed by atoms with Gasteiger partial charge in [-0.25, -0.2) is 9.97 Å². The van der Waals surface area contributed by atoms with Crippen molar-refractivity contribution < 1.29 is 40.6 Å². The molecule has 0 amide bonds. The van der Waals surface area contributed by atoms with Crippen molar-refractivity contribution >= 4 is 27.6 Å². The van der Waals surface area contributed by atoms with Crippen LogP contribution in [-0.4, -0.2) is 41.3 Å². The lowest BCUT2D eigenvalue weighted by Gasteiger charge is -2.14. The number of rotatable bonds is 6. The first-order valence-electron chi connectivity index (χ1n) is 9.73. The Kier molecular flexibility index (Phi) is 6.03. The summed E-state index contributed by atoms with van der Waals surface area (Å²) < 4.78 is 86.0. The minimum Gasteiger partial charge on any atom is -0.483 e. The predicted molar refractivity (Wildman–Crippen MR) is 110 cm³/mol. The standard InChI is InChI=1S/C23H14F6N2O3/c24-22(25,26)11-33-19-9-17(30-15-7-3-1-5-13(15)19)21(32)18-10-20(34-12-23(27,28)29)14-6-2-4-8-16(14)31-18/h1-10H,11-12H2. The zero-order valence-electron chi connectivity index (χ0n) is 17.1. The number of nitrogens with zero attached hydrogens (tertiary/aromatic N) is 2. The molecule has 0 spiro atoms. The molecule has 0 N–H and O–H groups in total. The zero-order chi connectivity index (χ0) is 24.5. The summed E-state index contributed by atoms with van der Waals surface area (Å²) in [6.07, 6.45) is -9.22. The molecule has 34 heavy (non-hydrogen) atoms. The van der Waals surface area contributed by atoms with E-state index in [1.807, 2.05) is 0 Å². The van der Waals surface area contributed by atoms with Crippen LogP contribution in [0.25, 0.3) is 21.8 Å². The fraction of sp³-hybridized carbons (Fsp3) is 0.174. The summed E-state index contributed by atoms with van der Waals surface area (Å²) in [6.45, 7) is -3.17. The van der Waals surface area contributed by atoms with Crippen LogP contribution >= 0.6 is 0 Å². The van der Waals surface area contributed by atoms with Crippen molar-refractivity contribution in [2.45, 2.75) is 12.4 Å². The van der Waals surface area contributed by atoms with E-state index in [-0.39, 0.29) is 44.7 Å². The first-order chi connectivity index (χ1) is 16.0.